The lowest BCUT2D eigenvalue weighted by Gasteiger charge is -2.35. The molecule has 0 bridgehead atoms. The second kappa shape index (κ2) is 8.49. The molecule has 0 atom stereocenters. The number of nitrogens with zero attached hydrogens (tertiary/aromatic N) is 6. The van der Waals surface area contributed by atoms with Crippen LogP contribution < -0.4 is 4.90 Å². The van der Waals surface area contributed by atoms with E-state index >= 15 is 0 Å². The van der Waals surface area contributed by atoms with Crippen LogP contribution in [0.2, 0.25) is 0 Å². The average Bonchev–Trinajstić information content (AvgIpc) is 3.37. The van der Waals surface area contributed by atoms with Crippen LogP contribution in [0.1, 0.15) is 5.69 Å². The minimum absolute atomic E-state index is 0.382. The van der Waals surface area contributed by atoms with Gasteiger partial charge in [-0.2, -0.15) is 5.10 Å². The SMILES string of the molecule is Cc1c(-c2nn(CN3CCN(c4ccccc4)CC3)c(=S)o2)cnn1-c1ccccc1. The molecule has 0 saturated carbocycles. The molecule has 0 radical (unpaired) electrons. The van der Waals surface area contributed by atoms with Crippen LogP contribution in [0.15, 0.2) is 71.3 Å². The van der Waals surface area contributed by atoms with Gasteiger partial charge in [0.25, 0.3) is 4.84 Å². The number of benzene rings is 2. The van der Waals surface area contributed by atoms with Crippen LogP contribution in [0.3, 0.4) is 0 Å². The summed E-state index contributed by atoms with van der Waals surface area (Å²) in [4.78, 5) is 5.14. The Morgan fingerprint density at radius 1 is 0.903 bits per heavy atom. The highest BCUT2D eigenvalue weighted by Gasteiger charge is 2.20. The summed E-state index contributed by atoms with van der Waals surface area (Å²) in [6.45, 7) is 6.48. The van der Waals surface area contributed by atoms with Crippen molar-refractivity contribution in [3.05, 3.63) is 77.4 Å². The van der Waals surface area contributed by atoms with Crippen molar-refractivity contribution in [3.63, 3.8) is 0 Å². The molecule has 0 spiro atoms. The van der Waals surface area contributed by atoms with E-state index in [9.17, 15) is 0 Å². The molecule has 0 amide bonds. The summed E-state index contributed by atoms with van der Waals surface area (Å²) in [6.07, 6.45) is 1.78. The summed E-state index contributed by atoms with van der Waals surface area (Å²) in [5.74, 6) is 0.507. The van der Waals surface area contributed by atoms with Crippen molar-refractivity contribution in [1.29, 1.82) is 0 Å². The summed E-state index contributed by atoms with van der Waals surface area (Å²) >= 11 is 5.45. The number of aromatic nitrogens is 4. The number of hydrogen-bond donors (Lipinski definition) is 0. The second-order valence-corrected chi connectivity index (χ2v) is 7.99. The van der Waals surface area contributed by atoms with Crippen molar-refractivity contribution < 1.29 is 4.42 Å². The number of hydrogen-bond acceptors (Lipinski definition) is 6. The number of rotatable bonds is 5. The van der Waals surface area contributed by atoms with E-state index < -0.39 is 0 Å². The third kappa shape index (κ3) is 4.04. The largest absolute Gasteiger partial charge is 0.409 e. The van der Waals surface area contributed by atoms with Gasteiger partial charge in [-0.3, -0.25) is 4.90 Å². The van der Waals surface area contributed by atoms with Crippen LogP contribution >= 0.6 is 12.2 Å². The molecule has 8 heteroatoms. The van der Waals surface area contributed by atoms with Gasteiger partial charge in [-0.1, -0.05) is 36.4 Å². The van der Waals surface area contributed by atoms with E-state index in [1.165, 1.54) is 5.69 Å². The van der Waals surface area contributed by atoms with E-state index in [2.05, 4.69) is 50.3 Å². The Bertz CT molecular complexity index is 1210. The Balaban J connectivity index is 1.29. The maximum Gasteiger partial charge on any atom is 0.288 e. The molecule has 0 unspecified atom stereocenters. The molecule has 7 nitrogen and oxygen atoms in total. The van der Waals surface area contributed by atoms with Crippen LogP contribution in [0.25, 0.3) is 17.1 Å². The first-order valence-electron chi connectivity index (χ1n) is 10.4. The number of piperazine rings is 1. The zero-order chi connectivity index (χ0) is 21.2. The fourth-order valence-electron chi connectivity index (χ4n) is 3.93. The van der Waals surface area contributed by atoms with Crippen LogP contribution in [-0.2, 0) is 6.67 Å². The molecule has 0 aliphatic carbocycles. The molecule has 1 saturated heterocycles. The Hall–Kier alpha value is -3.23. The Morgan fingerprint density at radius 3 is 2.23 bits per heavy atom. The first-order chi connectivity index (χ1) is 15.2. The number of anilines is 1. The van der Waals surface area contributed by atoms with Gasteiger partial charge >= 0.3 is 0 Å². The third-order valence-electron chi connectivity index (χ3n) is 5.67. The van der Waals surface area contributed by atoms with Crippen molar-refractivity contribution >= 4 is 17.9 Å². The van der Waals surface area contributed by atoms with Gasteiger partial charge < -0.3 is 9.32 Å². The molecule has 158 valence electrons. The predicted octanol–water partition coefficient (Wildman–Crippen LogP) is 4.15. The smallest absolute Gasteiger partial charge is 0.288 e. The highest BCUT2D eigenvalue weighted by molar-refractivity contribution is 7.71. The van der Waals surface area contributed by atoms with Crippen molar-refractivity contribution in [3.8, 4) is 17.1 Å². The molecule has 1 aliphatic rings. The topological polar surface area (TPSA) is 55.3 Å². The molecular formula is C23H24N6OS. The molecule has 1 aliphatic heterocycles. The first kappa shape index (κ1) is 19.7. The molecule has 4 aromatic rings. The average molecular weight is 433 g/mol. The van der Waals surface area contributed by atoms with Crippen molar-refractivity contribution in [1.82, 2.24) is 24.5 Å². The summed E-state index contributed by atoms with van der Waals surface area (Å²) in [7, 11) is 0. The van der Waals surface area contributed by atoms with E-state index in [1.54, 1.807) is 10.9 Å². The fraction of sp³-hybridized carbons (Fsp3) is 0.261. The lowest BCUT2D eigenvalue weighted by molar-refractivity contribution is 0.192. The van der Waals surface area contributed by atoms with Crippen molar-refractivity contribution in [2.45, 2.75) is 13.6 Å². The van der Waals surface area contributed by atoms with Crippen LogP contribution in [0, 0.1) is 11.8 Å². The van der Waals surface area contributed by atoms with Gasteiger partial charge in [-0.25, -0.2) is 9.36 Å². The number of para-hydroxylation sites is 2. The van der Waals surface area contributed by atoms with Crippen LogP contribution in [0.4, 0.5) is 5.69 Å². The maximum absolute atomic E-state index is 5.84. The summed E-state index contributed by atoms with van der Waals surface area (Å²) in [5, 5.41) is 9.17. The van der Waals surface area contributed by atoms with E-state index in [0.717, 1.165) is 43.1 Å². The monoisotopic (exact) mass is 432 g/mol. The zero-order valence-corrected chi connectivity index (χ0v) is 18.2. The highest BCUT2D eigenvalue weighted by Crippen LogP contribution is 2.24. The Morgan fingerprint density at radius 2 is 1.55 bits per heavy atom. The van der Waals surface area contributed by atoms with Crippen LogP contribution in [-0.4, -0.2) is 50.6 Å². The normalized spacial score (nSPS) is 14.8. The first-order valence-corrected chi connectivity index (χ1v) is 10.8. The Labute approximate surface area is 186 Å². The van der Waals surface area contributed by atoms with Gasteiger partial charge in [-0.05, 0) is 43.4 Å². The molecule has 2 aromatic carbocycles. The van der Waals surface area contributed by atoms with E-state index in [4.69, 9.17) is 16.6 Å². The molecule has 31 heavy (non-hydrogen) atoms. The summed E-state index contributed by atoms with van der Waals surface area (Å²) in [6, 6.07) is 20.6. The molecule has 1 fully saturated rings. The van der Waals surface area contributed by atoms with Gasteiger partial charge in [0.05, 0.1) is 29.8 Å². The molecular weight excluding hydrogens is 408 g/mol. The third-order valence-corrected chi connectivity index (χ3v) is 5.97. The minimum Gasteiger partial charge on any atom is -0.409 e. The molecule has 0 N–H and O–H groups in total. The highest BCUT2D eigenvalue weighted by atomic mass is 32.1. The van der Waals surface area contributed by atoms with Gasteiger partial charge in [0.2, 0.25) is 5.89 Å². The van der Waals surface area contributed by atoms with E-state index in [1.807, 2.05) is 41.9 Å². The lowest BCUT2D eigenvalue weighted by atomic mass is 10.2. The predicted molar refractivity (Wildman–Crippen MR) is 123 cm³/mol. The van der Waals surface area contributed by atoms with Gasteiger partial charge in [-0.15, -0.1) is 5.10 Å². The molecule has 2 aromatic heterocycles. The van der Waals surface area contributed by atoms with Gasteiger partial charge in [0, 0.05) is 31.9 Å². The molecule has 3 heterocycles. The van der Waals surface area contributed by atoms with Crippen molar-refractivity contribution in [2.75, 3.05) is 31.1 Å². The zero-order valence-electron chi connectivity index (χ0n) is 17.4. The Kier molecular flexibility index (Phi) is 5.40. The summed E-state index contributed by atoms with van der Waals surface area (Å²) in [5.41, 5.74) is 4.09. The quantitative estimate of drug-likeness (QED) is 0.442. The van der Waals surface area contributed by atoms with E-state index in [0.29, 0.717) is 17.4 Å². The standard InChI is InChI=1S/C23H24N6OS/c1-18-21(16-24-29(18)20-10-6-3-7-11-20)22-25-28(23(31)30-22)17-26-12-14-27(15-13-26)19-8-4-2-5-9-19/h2-11,16H,12-15,17H2,1H3. The second-order valence-electron chi connectivity index (χ2n) is 7.65. The maximum atomic E-state index is 5.84. The van der Waals surface area contributed by atoms with Crippen molar-refractivity contribution in [2.24, 2.45) is 0 Å². The van der Waals surface area contributed by atoms with Gasteiger partial charge in [0.15, 0.2) is 0 Å². The van der Waals surface area contributed by atoms with E-state index in [-0.39, 0.29) is 0 Å². The lowest BCUT2D eigenvalue weighted by Crippen LogP contribution is -2.46. The van der Waals surface area contributed by atoms with Crippen LogP contribution in [0.5, 0.6) is 0 Å². The molecule has 5 rings (SSSR count). The van der Waals surface area contributed by atoms with Gasteiger partial charge in [0.1, 0.15) is 0 Å². The fourth-order valence-corrected chi connectivity index (χ4v) is 4.11. The summed E-state index contributed by atoms with van der Waals surface area (Å²) < 4.78 is 9.49. The minimum atomic E-state index is 0.382.